The van der Waals surface area contributed by atoms with E-state index >= 15 is 0 Å². The number of methoxy groups -OCH3 is 1. The molecule has 0 saturated heterocycles. The van der Waals surface area contributed by atoms with Crippen molar-refractivity contribution in [2.45, 2.75) is 12.8 Å². The summed E-state index contributed by atoms with van der Waals surface area (Å²) < 4.78 is 5.12. The van der Waals surface area contributed by atoms with Crippen LogP contribution >= 0.6 is 0 Å². The van der Waals surface area contributed by atoms with E-state index in [0.29, 0.717) is 6.42 Å². The number of nitrogens with zero attached hydrogens (tertiary/aromatic N) is 1. The van der Waals surface area contributed by atoms with Gasteiger partial charge in [-0.2, -0.15) is 0 Å². The average molecular weight is 296 g/mol. The van der Waals surface area contributed by atoms with E-state index in [1.165, 1.54) is 11.3 Å². The van der Waals surface area contributed by atoms with Crippen LogP contribution in [0.2, 0.25) is 0 Å². The minimum atomic E-state index is -0.00327. The maximum Gasteiger partial charge on any atom is 0.228 e. The minimum Gasteiger partial charge on any atom is -0.497 e. The first-order valence-corrected chi connectivity index (χ1v) is 7.42. The van der Waals surface area contributed by atoms with Gasteiger partial charge in [0.2, 0.25) is 5.91 Å². The summed E-state index contributed by atoms with van der Waals surface area (Å²) in [6.07, 6.45) is 1.40. The summed E-state index contributed by atoms with van der Waals surface area (Å²) in [6, 6.07) is 13.7. The fourth-order valence-electron chi connectivity index (χ4n) is 2.78. The van der Waals surface area contributed by atoms with E-state index in [-0.39, 0.29) is 5.91 Å². The first-order chi connectivity index (χ1) is 10.7. The summed E-state index contributed by atoms with van der Waals surface area (Å²) in [5.74, 6) is 0.795. The molecule has 22 heavy (non-hydrogen) atoms. The van der Waals surface area contributed by atoms with Crippen LogP contribution in [0.5, 0.6) is 5.75 Å². The molecule has 0 saturated carbocycles. The summed E-state index contributed by atoms with van der Waals surface area (Å²) in [4.78, 5) is 14.4. The van der Waals surface area contributed by atoms with Gasteiger partial charge in [0.1, 0.15) is 5.75 Å². The molecule has 0 fully saturated rings. The Kier molecular flexibility index (Phi) is 4.00. The Morgan fingerprint density at radius 1 is 1.23 bits per heavy atom. The summed E-state index contributed by atoms with van der Waals surface area (Å²) in [7, 11) is 3.72. The molecule has 0 bridgehead atoms. The lowest BCUT2D eigenvalue weighted by Gasteiger charge is -2.12. The first-order valence-electron chi connectivity index (χ1n) is 7.42. The van der Waals surface area contributed by atoms with Crippen molar-refractivity contribution in [1.29, 1.82) is 0 Å². The van der Waals surface area contributed by atoms with Crippen LogP contribution < -0.4 is 15.0 Å². The van der Waals surface area contributed by atoms with E-state index in [1.807, 2.05) is 30.3 Å². The maximum absolute atomic E-state index is 12.1. The molecule has 1 aliphatic heterocycles. The van der Waals surface area contributed by atoms with Crippen LogP contribution in [-0.4, -0.2) is 26.6 Å². The number of amides is 1. The molecule has 3 rings (SSSR count). The van der Waals surface area contributed by atoms with Gasteiger partial charge in [0.15, 0.2) is 0 Å². The third kappa shape index (κ3) is 3.06. The van der Waals surface area contributed by atoms with Gasteiger partial charge >= 0.3 is 0 Å². The van der Waals surface area contributed by atoms with Crippen LogP contribution in [0.1, 0.15) is 11.1 Å². The van der Waals surface area contributed by atoms with Gasteiger partial charge in [-0.1, -0.05) is 12.1 Å². The number of carbonyl (C=O) groups is 1. The fourth-order valence-corrected chi connectivity index (χ4v) is 2.78. The molecule has 0 aliphatic carbocycles. The van der Waals surface area contributed by atoms with Crippen molar-refractivity contribution < 1.29 is 9.53 Å². The van der Waals surface area contributed by atoms with Gasteiger partial charge in [0.05, 0.1) is 13.5 Å². The number of hydrogen-bond donors (Lipinski definition) is 1. The van der Waals surface area contributed by atoms with Gasteiger partial charge in [-0.25, -0.2) is 0 Å². The highest BCUT2D eigenvalue weighted by Gasteiger charge is 2.16. The molecule has 0 aromatic heterocycles. The highest BCUT2D eigenvalue weighted by molar-refractivity contribution is 5.92. The van der Waals surface area contributed by atoms with Crippen molar-refractivity contribution in [3.05, 3.63) is 53.6 Å². The lowest BCUT2D eigenvalue weighted by Crippen LogP contribution is -2.14. The first kappa shape index (κ1) is 14.4. The number of likely N-dealkylation sites (N-methyl/N-ethyl adjacent to an activating group) is 1. The lowest BCUT2D eigenvalue weighted by atomic mass is 10.1. The van der Waals surface area contributed by atoms with Crippen LogP contribution in [0.15, 0.2) is 42.5 Å². The largest absolute Gasteiger partial charge is 0.497 e. The monoisotopic (exact) mass is 296 g/mol. The van der Waals surface area contributed by atoms with Crippen molar-refractivity contribution in [2.24, 2.45) is 0 Å². The number of ether oxygens (including phenoxy) is 1. The van der Waals surface area contributed by atoms with Gasteiger partial charge in [-0.3, -0.25) is 4.79 Å². The van der Waals surface area contributed by atoms with E-state index in [9.17, 15) is 4.79 Å². The second kappa shape index (κ2) is 6.10. The summed E-state index contributed by atoms with van der Waals surface area (Å²) >= 11 is 0. The molecule has 0 radical (unpaired) electrons. The predicted octanol–water partition coefficient (Wildman–Crippen LogP) is 2.87. The Bertz CT molecular complexity index is 680. The highest BCUT2D eigenvalue weighted by atomic mass is 16.5. The molecule has 0 unspecified atom stereocenters. The topological polar surface area (TPSA) is 41.6 Å². The third-order valence-corrected chi connectivity index (χ3v) is 4.01. The van der Waals surface area contributed by atoms with Gasteiger partial charge < -0.3 is 15.0 Å². The number of carbonyl (C=O) groups excluding carboxylic acids is 1. The summed E-state index contributed by atoms with van der Waals surface area (Å²) in [5, 5.41) is 2.97. The van der Waals surface area contributed by atoms with Crippen LogP contribution in [-0.2, 0) is 17.6 Å². The molecule has 0 atom stereocenters. The van der Waals surface area contributed by atoms with Crippen LogP contribution in [0.4, 0.5) is 11.4 Å². The normalized spacial score (nSPS) is 12.9. The molecule has 114 valence electrons. The number of nitrogens with one attached hydrogen (secondary N) is 1. The Morgan fingerprint density at radius 3 is 2.73 bits per heavy atom. The van der Waals surface area contributed by atoms with Crippen molar-refractivity contribution in [3.8, 4) is 5.75 Å². The second-order valence-corrected chi connectivity index (χ2v) is 5.59. The van der Waals surface area contributed by atoms with Crippen LogP contribution in [0.25, 0.3) is 0 Å². The molecule has 1 aliphatic rings. The van der Waals surface area contributed by atoms with Gasteiger partial charge in [0, 0.05) is 25.0 Å². The average Bonchev–Trinajstić information content (AvgIpc) is 2.89. The van der Waals surface area contributed by atoms with Crippen molar-refractivity contribution >= 4 is 17.3 Å². The van der Waals surface area contributed by atoms with E-state index in [4.69, 9.17) is 4.74 Å². The lowest BCUT2D eigenvalue weighted by molar-refractivity contribution is -0.115. The zero-order chi connectivity index (χ0) is 15.5. The van der Waals surface area contributed by atoms with E-state index in [2.05, 4.69) is 29.4 Å². The predicted molar refractivity (Wildman–Crippen MR) is 88.7 cm³/mol. The van der Waals surface area contributed by atoms with Gasteiger partial charge in [-0.05, 0) is 47.9 Å². The quantitative estimate of drug-likeness (QED) is 0.943. The standard InChI is InChI=1S/C18H20N2O2/c1-20-10-9-14-12-15(5-8-17(14)20)19-18(21)11-13-3-6-16(22-2)7-4-13/h3-8,12H,9-11H2,1-2H3,(H,19,21). The van der Waals surface area contributed by atoms with Gasteiger partial charge in [-0.15, -0.1) is 0 Å². The molecular formula is C18H20N2O2. The Hall–Kier alpha value is -2.49. The van der Waals surface area contributed by atoms with E-state index < -0.39 is 0 Å². The molecule has 2 aromatic carbocycles. The van der Waals surface area contributed by atoms with E-state index in [1.54, 1.807) is 7.11 Å². The molecular weight excluding hydrogens is 276 g/mol. The summed E-state index contributed by atoms with van der Waals surface area (Å²) in [6.45, 7) is 1.04. The number of fused-ring (bicyclic) bond motifs is 1. The minimum absolute atomic E-state index is 0.00327. The molecule has 0 spiro atoms. The molecule has 4 heteroatoms. The second-order valence-electron chi connectivity index (χ2n) is 5.59. The van der Waals surface area contributed by atoms with Crippen molar-refractivity contribution in [2.75, 3.05) is 30.9 Å². The smallest absolute Gasteiger partial charge is 0.228 e. The number of hydrogen-bond acceptors (Lipinski definition) is 3. The molecule has 1 N–H and O–H groups in total. The molecule has 4 nitrogen and oxygen atoms in total. The highest BCUT2D eigenvalue weighted by Crippen LogP contribution is 2.29. The molecule has 1 amide bonds. The van der Waals surface area contributed by atoms with E-state index in [0.717, 1.165) is 30.0 Å². The third-order valence-electron chi connectivity index (χ3n) is 4.01. The number of anilines is 2. The van der Waals surface area contributed by atoms with Crippen molar-refractivity contribution in [1.82, 2.24) is 0 Å². The zero-order valence-corrected chi connectivity index (χ0v) is 12.9. The number of rotatable bonds is 4. The van der Waals surface area contributed by atoms with Crippen LogP contribution in [0.3, 0.4) is 0 Å². The Morgan fingerprint density at radius 2 is 2.00 bits per heavy atom. The molecule has 2 aromatic rings. The SMILES string of the molecule is COc1ccc(CC(=O)Nc2ccc3c(c2)CCN3C)cc1. The maximum atomic E-state index is 12.1. The Labute approximate surface area is 130 Å². The van der Waals surface area contributed by atoms with Crippen molar-refractivity contribution in [3.63, 3.8) is 0 Å². The number of benzene rings is 2. The summed E-state index contributed by atoms with van der Waals surface area (Å²) in [5.41, 5.74) is 4.39. The fraction of sp³-hybridized carbons (Fsp3) is 0.278. The van der Waals surface area contributed by atoms with Crippen LogP contribution in [0, 0.1) is 0 Å². The Balaban J connectivity index is 1.64. The molecule has 1 heterocycles. The van der Waals surface area contributed by atoms with Gasteiger partial charge in [0.25, 0.3) is 0 Å². The zero-order valence-electron chi connectivity index (χ0n) is 12.9.